The molecular weight excluding hydrogens is 608 g/mol. The number of hydrogen-bond acceptors (Lipinski definition) is 10. The second kappa shape index (κ2) is 11.9. The Morgan fingerprint density at radius 1 is 0.543 bits per heavy atom. The van der Waals surface area contributed by atoms with Gasteiger partial charge in [-0.3, -0.25) is 0 Å². The number of hydrazine groups is 3. The molecular formula is C18H15Cl6N6O4P. The van der Waals surface area contributed by atoms with Crippen molar-refractivity contribution in [2.45, 2.75) is 0 Å². The standard InChI is InChI=1S/C18H15Cl6N6O4P/c19-10-1-4-13(22)16(7-10)28(25)32-35(31,33-29(26)17-8-11(20)2-5-14(17)23)34-30(27)18-9-12(21)3-6-15(18)24/h1-9H,25-27H2. The van der Waals surface area contributed by atoms with Gasteiger partial charge in [-0.1, -0.05) is 69.6 Å². The fraction of sp³-hybridized carbons (Fsp3) is 0. The van der Waals surface area contributed by atoms with Gasteiger partial charge in [0.25, 0.3) is 0 Å². The van der Waals surface area contributed by atoms with Gasteiger partial charge in [0.15, 0.2) is 0 Å². The van der Waals surface area contributed by atoms with Gasteiger partial charge in [-0.25, -0.2) is 22.1 Å². The van der Waals surface area contributed by atoms with Crippen molar-refractivity contribution in [1.82, 2.24) is 0 Å². The van der Waals surface area contributed by atoms with E-state index in [2.05, 4.69) is 0 Å². The van der Waals surface area contributed by atoms with Crippen molar-refractivity contribution in [3.63, 3.8) is 0 Å². The predicted octanol–water partition coefficient (Wildman–Crippen LogP) is 6.95. The smallest absolute Gasteiger partial charge is 0.222 e. The molecule has 0 unspecified atom stereocenters. The van der Waals surface area contributed by atoms with Gasteiger partial charge in [0.05, 0.1) is 15.1 Å². The third-order valence-electron chi connectivity index (χ3n) is 4.00. The van der Waals surface area contributed by atoms with Gasteiger partial charge in [0, 0.05) is 15.1 Å². The summed E-state index contributed by atoms with van der Waals surface area (Å²) in [5.74, 6) is 17.7. The van der Waals surface area contributed by atoms with Crippen LogP contribution in [-0.4, -0.2) is 0 Å². The van der Waals surface area contributed by atoms with E-state index in [4.69, 9.17) is 101 Å². The summed E-state index contributed by atoms with van der Waals surface area (Å²) in [5, 5.41) is 2.50. The SMILES string of the molecule is NN(OP(=O)(ON(N)c1cc(Cl)ccc1Cl)ON(N)c1cc(Cl)ccc1Cl)c1cc(Cl)ccc1Cl. The highest BCUT2D eigenvalue weighted by Gasteiger charge is 2.38. The highest BCUT2D eigenvalue weighted by molar-refractivity contribution is 7.48. The minimum Gasteiger partial charge on any atom is -0.222 e. The summed E-state index contributed by atoms with van der Waals surface area (Å²) >= 11 is 36.4. The zero-order chi connectivity index (χ0) is 25.9. The first kappa shape index (κ1) is 28.4. The van der Waals surface area contributed by atoms with Crippen molar-refractivity contribution in [1.29, 1.82) is 0 Å². The van der Waals surface area contributed by atoms with Gasteiger partial charge in [-0.05, 0) is 54.6 Å². The molecule has 0 fully saturated rings. The van der Waals surface area contributed by atoms with Crippen molar-refractivity contribution in [2.24, 2.45) is 17.5 Å². The fourth-order valence-corrected chi connectivity index (χ4v) is 4.57. The molecule has 3 rings (SSSR count). The minimum atomic E-state index is -4.89. The molecule has 3 aromatic rings. The molecule has 0 saturated carbocycles. The number of rotatable bonds is 9. The lowest BCUT2D eigenvalue weighted by molar-refractivity contribution is 0.0861. The van der Waals surface area contributed by atoms with Crippen molar-refractivity contribution in [3.8, 4) is 0 Å². The van der Waals surface area contributed by atoms with Gasteiger partial charge in [0.2, 0.25) is 0 Å². The maximum absolute atomic E-state index is 13.7. The molecule has 0 aliphatic heterocycles. The second-order valence-corrected chi connectivity index (χ2v) is 10.4. The van der Waals surface area contributed by atoms with E-state index in [9.17, 15) is 4.57 Å². The molecule has 0 heterocycles. The van der Waals surface area contributed by atoms with E-state index in [1.54, 1.807) is 0 Å². The van der Waals surface area contributed by atoms with Gasteiger partial charge >= 0.3 is 7.82 Å². The summed E-state index contributed by atoms with van der Waals surface area (Å²) in [5.41, 5.74) is 0.000862. The molecule has 0 aliphatic carbocycles. The van der Waals surface area contributed by atoms with E-state index >= 15 is 0 Å². The Hall–Kier alpha value is -1.21. The molecule has 0 aliphatic rings. The van der Waals surface area contributed by atoms with E-state index in [1.165, 1.54) is 54.6 Å². The number of nitrogens with two attached hydrogens (primary N) is 3. The maximum Gasteiger partial charge on any atom is 0.543 e. The summed E-state index contributed by atoms with van der Waals surface area (Å²) in [6.07, 6.45) is 0. The van der Waals surface area contributed by atoms with Crippen LogP contribution < -0.4 is 33.0 Å². The Labute approximate surface area is 229 Å². The van der Waals surface area contributed by atoms with Crippen molar-refractivity contribution in [3.05, 3.63) is 84.7 Å². The third kappa shape index (κ3) is 7.41. The summed E-state index contributed by atoms with van der Waals surface area (Å²) in [6, 6.07) is 12.8. The Kier molecular flexibility index (Phi) is 9.64. The first-order chi connectivity index (χ1) is 16.4. The quantitative estimate of drug-likeness (QED) is 0.131. The van der Waals surface area contributed by atoms with Crippen molar-refractivity contribution >= 4 is 94.5 Å². The summed E-state index contributed by atoms with van der Waals surface area (Å²) < 4.78 is 29.5. The highest BCUT2D eigenvalue weighted by Crippen LogP contribution is 2.53. The van der Waals surface area contributed by atoms with Gasteiger partial charge in [0.1, 0.15) is 17.1 Å². The van der Waals surface area contributed by atoms with Crippen LogP contribution >= 0.6 is 77.4 Å². The lowest BCUT2D eigenvalue weighted by Crippen LogP contribution is -2.38. The van der Waals surface area contributed by atoms with Crippen molar-refractivity contribution < 1.29 is 18.4 Å². The van der Waals surface area contributed by atoms with Crippen LogP contribution in [0, 0.1) is 0 Å². The average molecular weight is 623 g/mol. The number of phosphoric acid groups is 1. The largest absolute Gasteiger partial charge is 0.543 e. The zero-order valence-corrected chi connectivity index (χ0v) is 22.5. The minimum absolute atomic E-state index is 0.000287. The monoisotopic (exact) mass is 620 g/mol. The van der Waals surface area contributed by atoms with Crippen LogP contribution in [0.1, 0.15) is 0 Å². The van der Waals surface area contributed by atoms with E-state index in [1.807, 2.05) is 0 Å². The van der Waals surface area contributed by atoms with Gasteiger partial charge < -0.3 is 0 Å². The van der Waals surface area contributed by atoms with Crippen LogP contribution in [0.15, 0.2) is 54.6 Å². The van der Waals surface area contributed by atoms with E-state index < -0.39 is 7.82 Å². The third-order valence-corrected chi connectivity index (χ3v) is 6.79. The molecule has 0 radical (unpaired) electrons. The first-order valence-electron chi connectivity index (χ1n) is 9.07. The van der Waals surface area contributed by atoms with E-state index in [0.717, 1.165) is 0 Å². The lowest BCUT2D eigenvalue weighted by atomic mass is 10.3. The molecule has 35 heavy (non-hydrogen) atoms. The fourth-order valence-electron chi connectivity index (χ4n) is 2.46. The zero-order valence-electron chi connectivity index (χ0n) is 17.1. The van der Waals surface area contributed by atoms with Crippen LogP contribution in [0.25, 0.3) is 0 Å². The Morgan fingerprint density at radius 2 is 0.800 bits per heavy atom. The molecule has 188 valence electrons. The van der Waals surface area contributed by atoms with Gasteiger partial charge in [-0.15, -0.1) is 13.9 Å². The molecule has 6 N–H and O–H groups in total. The number of benzene rings is 3. The number of nitrogens with zero attached hydrogens (tertiary/aromatic N) is 3. The average Bonchev–Trinajstić information content (AvgIpc) is 2.78. The normalized spacial score (nSPS) is 11.5. The van der Waals surface area contributed by atoms with E-state index in [0.29, 0.717) is 15.5 Å². The molecule has 0 spiro atoms. The topological polar surface area (TPSA) is 133 Å². The molecule has 0 atom stereocenters. The predicted molar refractivity (Wildman–Crippen MR) is 140 cm³/mol. The lowest BCUT2D eigenvalue weighted by Gasteiger charge is -2.29. The maximum atomic E-state index is 13.7. The van der Waals surface area contributed by atoms with Crippen LogP contribution in [0.3, 0.4) is 0 Å². The summed E-state index contributed by atoms with van der Waals surface area (Å²) in [7, 11) is -4.89. The highest BCUT2D eigenvalue weighted by atomic mass is 35.5. The summed E-state index contributed by atoms with van der Waals surface area (Å²) in [4.78, 5) is 0. The van der Waals surface area contributed by atoms with Crippen LogP contribution in [-0.2, 0) is 18.4 Å². The second-order valence-electron chi connectivity index (χ2n) is 6.46. The van der Waals surface area contributed by atoms with Gasteiger partial charge in [-0.2, -0.15) is 15.5 Å². The van der Waals surface area contributed by atoms with Crippen LogP contribution in [0.5, 0.6) is 0 Å². The first-order valence-corrected chi connectivity index (χ1v) is 12.8. The Balaban J connectivity index is 1.96. The number of halogens is 6. The molecule has 17 heteroatoms. The molecule has 10 nitrogen and oxygen atoms in total. The molecule has 0 bridgehead atoms. The van der Waals surface area contributed by atoms with Crippen LogP contribution in [0.4, 0.5) is 17.1 Å². The number of hydrogen-bond donors (Lipinski definition) is 3. The molecule has 0 aromatic heterocycles. The summed E-state index contributed by atoms with van der Waals surface area (Å²) in [6.45, 7) is 0. The molecule has 0 saturated heterocycles. The van der Waals surface area contributed by atoms with E-state index in [-0.39, 0.29) is 47.2 Å². The molecule has 0 amide bonds. The Morgan fingerprint density at radius 3 is 1.06 bits per heavy atom. The van der Waals surface area contributed by atoms with Crippen molar-refractivity contribution in [2.75, 3.05) is 15.5 Å². The molecule has 3 aromatic carbocycles. The van der Waals surface area contributed by atoms with Crippen LogP contribution in [0.2, 0.25) is 30.1 Å². The number of anilines is 3. The Bertz CT molecular complexity index is 1120.